The Morgan fingerprint density at radius 2 is 2.20 bits per heavy atom. The molecule has 0 saturated heterocycles. The molecule has 0 spiro atoms. The molecule has 1 rings (SSSR count). The summed E-state index contributed by atoms with van der Waals surface area (Å²) in [6, 6.07) is 0. The van der Waals surface area contributed by atoms with Crippen molar-refractivity contribution in [1.82, 2.24) is 0 Å². The summed E-state index contributed by atoms with van der Waals surface area (Å²) < 4.78 is 25.0. The standard InChI is InChI=1S/C8H14F2/c1-2-3-7-4-5-8(9,10)6-7/h7H,2-6H2,1H3/t7-/m0/s1. The summed E-state index contributed by atoms with van der Waals surface area (Å²) in [7, 11) is 0. The Labute approximate surface area is 60.6 Å². The molecule has 1 atom stereocenters. The molecule has 1 aliphatic carbocycles. The number of halogens is 2. The fourth-order valence-electron chi connectivity index (χ4n) is 1.70. The van der Waals surface area contributed by atoms with E-state index in [-0.39, 0.29) is 12.8 Å². The topological polar surface area (TPSA) is 0 Å². The molecule has 0 N–H and O–H groups in total. The van der Waals surface area contributed by atoms with E-state index in [1.165, 1.54) is 0 Å². The van der Waals surface area contributed by atoms with Crippen molar-refractivity contribution in [2.75, 3.05) is 0 Å². The Morgan fingerprint density at radius 3 is 2.60 bits per heavy atom. The Kier molecular flexibility index (Phi) is 2.27. The van der Waals surface area contributed by atoms with Gasteiger partial charge in [-0.3, -0.25) is 0 Å². The molecule has 60 valence electrons. The van der Waals surface area contributed by atoms with E-state index in [0.717, 1.165) is 19.3 Å². The van der Waals surface area contributed by atoms with Crippen LogP contribution in [0.1, 0.15) is 39.0 Å². The average Bonchev–Trinajstić information content (AvgIpc) is 2.12. The first-order valence-corrected chi connectivity index (χ1v) is 4.02. The molecule has 1 aliphatic rings. The maximum absolute atomic E-state index is 12.5. The Morgan fingerprint density at radius 1 is 1.50 bits per heavy atom. The van der Waals surface area contributed by atoms with Crippen LogP contribution in [0.5, 0.6) is 0 Å². The van der Waals surface area contributed by atoms with Gasteiger partial charge in [0.15, 0.2) is 0 Å². The van der Waals surface area contributed by atoms with Crippen LogP contribution in [-0.4, -0.2) is 5.92 Å². The van der Waals surface area contributed by atoms with Gasteiger partial charge in [-0.2, -0.15) is 0 Å². The van der Waals surface area contributed by atoms with Crippen LogP contribution in [0.4, 0.5) is 8.78 Å². The highest BCUT2D eigenvalue weighted by Crippen LogP contribution is 2.40. The third kappa shape index (κ3) is 1.93. The summed E-state index contributed by atoms with van der Waals surface area (Å²) in [5, 5.41) is 0. The van der Waals surface area contributed by atoms with Crippen LogP contribution >= 0.6 is 0 Å². The largest absolute Gasteiger partial charge is 0.248 e. The van der Waals surface area contributed by atoms with Crippen molar-refractivity contribution in [3.05, 3.63) is 0 Å². The normalized spacial score (nSPS) is 30.9. The molecule has 1 saturated carbocycles. The predicted molar refractivity (Wildman–Crippen MR) is 37.2 cm³/mol. The monoisotopic (exact) mass is 148 g/mol. The van der Waals surface area contributed by atoms with E-state index in [1.54, 1.807) is 0 Å². The van der Waals surface area contributed by atoms with Crippen molar-refractivity contribution >= 4 is 0 Å². The molecule has 10 heavy (non-hydrogen) atoms. The molecule has 0 nitrogen and oxygen atoms in total. The minimum absolute atomic E-state index is 0.123. The smallest absolute Gasteiger partial charge is 0.207 e. The summed E-state index contributed by atoms with van der Waals surface area (Å²) in [4.78, 5) is 0. The van der Waals surface area contributed by atoms with Gasteiger partial charge in [-0.25, -0.2) is 8.78 Å². The second-order valence-corrected chi connectivity index (χ2v) is 3.25. The minimum Gasteiger partial charge on any atom is -0.207 e. The predicted octanol–water partition coefficient (Wildman–Crippen LogP) is 3.22. The van der Waals surface area contributed by atoms with Crippen LogP contribution in [0.15, 0.2) is 0 Å². The van der Waals surface area contributed by atoms with E-state index in [0.29, 0.717) is 5.92 Å². The van der Waals surface area contributed by atoms with Crippen LogP contribution in [0, 0.1) is 5.92 Å². The molecular formula is C8H14F2. The quantitative estimate of drug-likeness (QED) is 0.564. The summed E-state index contributed by atoms with van der Waals surface area (Å²) in [6.07, 6.45) is 3.02. The van der Waals surface area contributed by atoms with E-state index in [9.17, 15) is 8.78 Å². The van der Waals surface area contributed by atoms with Crippen LogP contribution < -0.4 is 0 Å². The minimum atomic E-state index is -2.33. The summed E-state index contributed by atoms with van der Waals surface area (Å²) >= 11 is 0. The van der Waals surface area contributed by atoms with Gasteiger partial charge >= 0.3 is 0 Å². The van der Waals surface area contributed by atoms with Gasteiger partial charge in [-0.15, -0.1) is 0 Å². The maximum Gasteiger partial charge on any atom is 0.248 e. The van der Waals surface area contributed by atoms with Crippen LogP contribution in [0.3, 0.4) is 0 Å². The molecule has 0 bridgehead atoms. The van der Waals surface area contributed by atoms with Crippen molar-refractivity contribution in [3.8, 4) is 0 Å². The molecule has 2 heteroatoms. The average molecular weight is 148 g/mol. The zero-order valence-electron chi connectivity index (χ0n) is 6.37. The highest BCUT2D eigenvalue weighted by Gasteiger charge is 2.38. The molecule has 0 radical (unpaired) electrons. The molecule has 0 aliphatic heterocycles. The molecule has 0 aromatic heterocycles. The van der Waals surface area contributed by atoms with Gasteiger partial charge in [0.05, 0.1) is 0 Å². The summed E-state index contributed by atoms with van der Waals surface area (Å²) in [6.45, 7) is 2.05. The summed E-state index contributed by atoms with van der Waals surface area (Å²) in [5.41, 5.74) is 0. The highest BCUT2D eigenvalue weighted by molar-refractivity contribution is 4.80. The van der Waals surface area contributed by atoms with Gasteiger partial charge < -0.3 is 0 Å². The van der Waals surface area contributed by atoms with Gasteiger partial charge in [0.1, 0.15) is 0 Å². The second-order valence-electron chi connectivity index (χ2n) is 3.25. The van der Waals surface area contributed by atoms with Crippen molar-refractivity contribution in [2.24, 2.45) is 5.92 Å². The number of rotatable bonds is 2. The lowest BCUT2D eigenvalue weighted by molar-refractivity contribution is 0.00470. The fourth-order valence-corrected chi connectivity index (χ4v) is 1.70. The number of alkyl halides is 2. The van der Waals surface area contributed by atoms with Gasteiger partial charge in [-0.05, 0) is 12.3 Å². The van der Waals surface area contributed by atoms with E-state index >= 15 is 0 Å². The SMILES string of the molecule is CCC[C@H]1CCC(F)(F)C1. The van der Waals surface area contributed by atoms with Crippen molar-refractivity contribution in [3.63, 3.8) is 0 Å². The maximum atomic E-state index is 12.5. The van der Waals surface area contributed by atoms with E-state index in [1.807, 2.05) is 0 Å². The molecule has 0 heterocycles. The van der Waals surface area contributed by atoms with Crippen molar-refractivity contribution in [1.29, 1.82) is 0 Å². The third-order valence-corrected chi connectivity index (χ3v) is 2.20. The van der Waals surface area contributed by atoms with Gasteiger partial charge in [0.2, 0.25) is 5.92 Å². The molecule has 1 fully saturated rings. The third-order valence-electron chi connectivity index (χ3n) is 2.20. The second kappa shape index (κ2) is 2.85. The van der Waals surface area contributed by atoms with Gasteiger partial charge in [0, 0.05) is 12.8 Å². The fraction of sp³-hybridized carbons (Fsp3) is 1.00. The lowest BCUT2D eigenvalue weighted by Gasteiger charge is -2.08. The zero-order valence-corrected chi connectivity index (χ0v) is 6.37. The lowest BCUT2D eigenvalue weighted by atomic mass is 10.0. The van der Waals surface area contributed by atoms with Crippen LogP contribution in [0.25, 0.3) is 0 Å². The molecule has 0 aromatic carbocycles. The Balaban J connectivity index is 2.29. The zero-order chi connectivity index (χ0) is 7.61. The van der Waals surface area contributed by atoms with Gasteiger partial charge in [-0.1, -0.05) is 19.8 Å². The first-order valence-electron chi connectivity index (χ1n) is 4.02. The lowest BCUT2D eigenvalue weighted by Crippen LogP contribution is -2.09. The molecule has 0 unspecified atom stereocenters. The Bertz CT molecular complexity index is 110. The number of hydrogen-bond donors (Lipinski definition) is 0. The first-order chi connectivity index (χ1) is 4.64. The van der Waals surface area contributed by atoms with Crippen LogP contribution in [0.2, 0.25) is 0 Å². The van der Waals surface area contributed by atoms with Crippen molar-refractivity contribution in [2.45, 2.75) is 45.0 Å². The molecule has 0 aromatic rings. The van der Waals surface area contributed by atoms with E-state index in [2.05, 4.69) is 6.92 Å². The first kappa shape index (κ1) is 7.96. The summed E-state index contributed by atoms with van der Waals surface area (Å²) in [5.74, 6) is -2.03. The van der Waals surface area contributed by atoms with Crippen molar-refractivity contribution < 1.29 is 8.78 Å². The molecule has 0 amide bonds. The highest BCUT2D eigenvalue weighted by atomic mass is 19.3. The van der Waals surface area contributed by atoms with Gasteiger partial charge in [0.25, 0.3) is 0 Å². The number of hydrogen-bond acceptors (Lipinski definition) is 0. The van der Waals surface area contributed by atoms with E-state index in [4.69, 9.17) is 0 Å². The van der Waals surface area contributed by atoms with E-state index < -0.39 is 5.92 Å². The van der Waals surface area contributed by atoms with Crippen LogP contribution in [-0.2, 0) is 0 Å². The molecular weight excluding hydrogens is 134 g/mol. The Hall–Kier alpha value is -0.140.